The van der Waals surface area contributed by atoms with Crippen molar-refractivity contribution in [2.75, 3.05) is 0 Å². The molecule has 1 unspecified atom stereocenters. The van der Waals surface area contributed by atoms with E-state index in [1.54, 1.807) is 12.3 Å². The molecule has 0 radical (unpaired) electrons. The lowest BCUT2D eigenvalue weighted by atomic mass is 9.95. The molecule has 1 aliphatic carbocycles. The minimum absolute atomic E-state index is 0.0438. The lowest BCUT2D eigenvalue weighted by Crippen LogP contribution is -2.15. The molecular weight excluding hydrogens is 303 g/mol. The largest absolute Gasteiger partial charge is 0.418 e. The van der Waals surface area contributed by atoms with E-state index in [-0.39, 0.29) is 10.7 Å². The molecule has 0 saturated carbocycles. The Labute approximate surface area is 124 Å². The minimum Gasteiger partial charge on any atom is -0.388 e. The number of nitrogens with zero attached hydrogens (tertiary/aromatic N) is 1. The fourth-order valence-electron chi connectivity index (χ4n) is 2.84. The Hall–Kier alpha value is -1.46. The number of benzene rings is 1. The first-order valence-corrected chi connectivity index (χ1v) is 7.01. The van der Waals surface area contributed by atoms with E-state index < -0.39 is 17.8 Å². The molecule has 1 atom stereocenters. The van der Waals surface area contributed by atoms with E-state index >= 15 is 0 Å². The molecule has 0 aliphatic heterocycles. The van der Waals surface area contributed by atoms with Gasteiger partial charge in [-0.15, -0.1) is 0 Å². The average Bonchev–Trinajstić information content (AvgIpc) is 2.83. The van der Waals surface area contributed by atoms with Crippen LogP contribution in [0, 0.1) is 0 Å². The number of hydrogen-bond donors (Lipinski definition) is 1. The van der Waals surface area contributed by atoms with E-state index in [1.165, 1.54) is 16.7 Å². The minimum atomic E-state index is -4.48. The summed E-state index contributed by atoms with van der Waals surface area (Å²) < 4.78 is 41.1. The Kier molecular flexibility index (Phi) is 3.50. The molecule has 0 amide bonds. The molecule has 1 aromatic carbocycles. The highest BCUT2D eigenvalue weighted by Crippen LogP contribution is 2.38. The quantitative estimate of drug-likeness (QED) is 0.822. The summed E-state index contributed by atoms with van der Waals surface area (Å²) in [4.78, 5) is 0. The molecule has 0 spiro atoms. The first kappa shape index (κ1) is 14.5. The highest BCUT2D eigenvalue weighted by atomic mass is 35.5. The summed E-state index contributed by atoms with van der Waals surface area (Å²) in [5.41, 5.74) is 0.724. The van der Waals surface area contributed by atoms with Crippen molar-refractivity contribution < 1.29 is 18.3 Å². The zero-order valence-electron chi connectivity index (χ0n) is 11.0. The zero-order chi connectivity index (χ0) is 15.2. The molecule has 1 aliphatic rings. The summed E-state index contributed by atoms with van der Waals surface area (Å²) in [6.45, 7) is 0. The van der Waals surface area contributed by atoms with Crippen molar-refractivity contribution >= 4 is 11.6 Å². The van der Waals surface area contributed by atoms with Gasteiger partial charge in [0, 0.05) is 22.5 Å². The van der Waals surface area contributed by atoms with Crippen molar-refractivity contribution in [3.63, 3.8) is 0 Å². The molecule has 1 N–H and O–H groups in total. The summed E-state index contributed by atoms with van der Waals surface area (Å²) in [6.07, 6.45) is -1.45. The van der Waals surface area contributed by atoms with Crippen LogP contribution in [0.3, 0.4) is 0 Å². The molecule has 0 fully saturated rings. The Morgan fingerprint density at radius 3 is 2.71 bits per heavy atom. The molecule has 2 nitrogen and oxygen atoms in total. The van der Waals surface area contributed by atoms with Crippen LogP contribution >= 0.6 is 11.6 Å². The van der Waals surface area contributed by atoms with Gasteiger partial charge in [0.1, 0.15) is 0 Å². The lowest BCUT2D eigenvalue weighted by Gasteiger charge is -2.22. The van der Waals surface area contributed by atoms with Gasteiger partial charge in [-0.2, -0.15) is 13.2 Å². The summed E-state index contributed by atoms with van der Waals surface area (Å²) in [6, 6.07) is 5.43. The topological polar surface area (TPSA) is 25.2 Å². The molecule has 3 rings (SSSR count). The SMILES string of the molecule is OC1CCCc2c1ccn2-c1ccc(Cl)cc1C(F)(F)F. The number of rotatable bonds is 1. The number of fused-ring (bicyclic) bond motifs is 1. The normalized spacial score (nSPS) is 18.6. The van der Waals surface area contributed by atoms with E-state index in [4.69, 9.17) is 11.6 Å². The van der Waals surface area contributed by atoms with Crippen molar-refractivity contribution in [1.29, 1.82) is 0 Å². The zero-order valence-corrected chi connectivity index (χ0v) is 11.7. The van der Waals surface area contributed by atoms with E-state index in [0.717, 1.165) is 18.2 Å². The summed E-state index contributed by atoms with van der Waals surface area (Å²) in [7, 11) is 0. The maximum absolute atomic E-state index is 13.2. The van der Waals surface area contributed by atoms with E-state index in [1.807, 2.05) is 0 Å². The van der Waals surface area contributed by atoms with Crippen molar-refractivity contribution in [2.24, 2.45) is 0 Å². The Balaban J connectivity index is 2.18. The van der Waals surface area contributed by atoms with Gasteiger partial charge in [-0.1, -0.05) is 11.6 Å². The molecule has 2 aromatic rings. The van der Waals surface area contributed by atoms with Gasteiger partial charge in [0.15, 0.2) is 0 Å². The number of halogens is 4. The third-order valence-electron chi connectivity index (χ3n) is 3.80. The molecule has 21 heavy (non-hydrogen) atoms. The smallest absolute Gasteiger partial charge is 0.388 e. The monoisotopic (exact) mass is 315 g/mol. The third-order valence-corrected chi connectivity index (χ3v) is 4.04. The number of aliphatic hydroxyl groups excluding tert-OH is 1. The van der Waals surface area contributed by atoms with Crippen LogP contribution in [-0.2, 0) is 12.6 Å². The average molecular weight is 316 g/mol. The number of hydrogen-bond acceptors (Lipinski definition) is 1. The van der Waals surface area contributed by atoms with Crippen molar-refractivity contribution in [3.05, 3.63) is 52.3 Å². The van der Waals surface area contributed by atoms with Crippen molar-refractivity contribution in [3.8, 4) is 5.69 Å². The Morgan fingerprint density at radius 1 is 1.24 bits per heavy atom. The van der Waals surface area contributed by atoms with Gasteiger partial charge in [0.05, 0.1) is 17.4 Å². The molecular formula is C15H13ClF3NO. The Bertz CT molecular complexity index is 678. The molecule has 0 saturated heterocycles. The van der Waals surface area contributed by atoms with Gasteiger partial charge < -0.3 is 9.67 Å². The molecule has 6 heteroatoms. The molecule has 1 heterocycles. The highest BCUT2D eigenvalue weighted by molar-refractivity contribution is 6.30. The first-order valence-electron chi connectivity index (χ1n) is 6.63. The molecule has 1 aromatic heterocycles. The van der Waals surface area contributed by atoms with Gasteiger partial charge in [-0.05, 0) is 43.5 Å². The summed E-state index contributed by atoms with van der Waals surface area (Å²) in [5.74, 6) is 0. The standard InChI is InChI=1S/C15H13ClF3NO/c16-9-4-5-13(11(8-9)15(17,18)19)20-7-6-10-12(20)2-1-3-14(10)21/h4-8,14,21H,1-3H2. The first-order chi connectivity index (χ1) is 9.88. The Morgan fingerprint density at radius 2 is 2.00 bits per heavy atom. The van der Waals surface area contributed by atoms with Gasteiger partial charge in [0.2, 0.25) is 0 Å². The molecule has 112 valence electrons. The maximum atomic E-state index is 13.2. The predicted octanol–water partition coefficient (Wildman–Crippen LogP) is 4.52. The van der Waals surface area contributed by atoms with Crippen LogP contribution in [0.1, 0.15) is 35.8 Å². The third kappa shape index (κ3) is 2.56. The summed E-state index contributed by atoms with van der Waals surface area (Å²) >= 11 is 5.70. The number of aliphatic hydroxyl groups is 1. The van der Waals surface area contributed by atoms with Gasteiger partial charge >= 0.3 is 6.18 Å². The van der Waals surface area contributed by atoms with Gasteiger partial charge in [-0.25, -0.2) is 0 Å². The van der Waals surface area contributed by atoms with Crippen LogP contribution in [0.25, 0.3) is 5.69 Å². The van der Waals surface area contributed by atoms with E-state index in [9.17, 15) is 18.3 Å². The van der Waals surface area contributed by atoms with Crippen LogP contribution in [0.2, 0.25) is 5.02 Å². The second kappa shape index (κ2) is 5.07. The van der Waals surface area contributed by atoms with Crippen LogP contribution in [-0.4, -0.2) is 9.67 Å². The van der Waals surface area contributed by atoms with Crippen LogP contribution in [0.4, 0.5) is 13.2 Å². The molecule has 0 bridgehead atoms. The van der Waals surface area contributed by atoms with Crippen LogP contribution in [0.5, 0.6) is 0 Å². The summed E-state index contributed by atoms with van der Waals surface area (Å²) in [5, 5.41) is 9.99. The fourth-order valence-corrected chi connectivity index (χ4v) is 3.01. The van der Waals surface area contributed by atoms with E-state index in [0.29, 0.717) is 18.4 Å². The van der Waals surface area contributed by atoms with Crippen molar-refractivity contribution in [1.82, 2.24) is 4.57 Å². The van der Waals surface area contributed by atoms with Gasteiger partial charge in [0.25, 0.3) is 0 Å². The van der Waals surface area contributed by atoms with Crippen molar-refractivity contribution in [2.45, 2.75) is 31.5 Å². The maximum Gasteiger partial charge on any atom is 0.418 e. The predicted molar refractivity (Wildman–Crippen MR) is 73.7 cm³/mol. The van der Waals surface area contributed by atoms with E-state index in [2.05, 4.69) is 0 Å². The van der Waals surface area contributed by atoms with Crippen LogP contribution in [0.15, 0.2) is 30.5 Å². The number of aromatic nitrogens is 1. The number of alkyl halides is 3. The second-order valence-corrected chi connectivity index (χ2v) is 5.59. The highest BCUT2D eigenvalue weighted by Gasteiger charge is 2.35. The second-order valence-electron chi connectivity index (χ2n) is 5.16. The lowest BCUT2D eigenvalue weighted by molar-refractivity contribution is -0.137. The van der Waals surface area contributed by atoms with Crippen LogP contribution < -0.4 is 0 Å². The fraction of sp³-hybridized carbons (Fsp3) is 0.333. The van der Waals surface area contributed by atoms with Gasteiger partial charge in [-0.3, -0.25) is 0 Å².